The molecule has 2 unspecified atom stereocenters. The van der Waals surface area contributed by atoms with Crippen LogP contribution in [0.25, 0.3) is 0 Å². The molecule has 70 heavy (non-hydrogen) atoms. The van der Waals surface area contributed by atoms with E-state index in [1.54, 1.807) is 6.08 Å². The van der Waals surface area contributed by atoms with Gasteiger partial charge in [-0.25, -0.2) is 0 Å². The molecule has 400 valence electrons. The van der Waals surface area contributed by atoms with Crippen LogP contribution in [0.1, 0.15) is 271 Å². The topological polar surface area (TPSA) is 69.6 Å². The number of rotatable bonds is 53. The number of hydrogen-bond donors (Lipinski definition) is 3. The van der Waals surface area contributed by atoms with E-state index in [-0.39, 0.29) is 12.5 Å². The minimum atomic E-state index is -0.883. The summed E-state index contributed by atoms with van der Waals surface area (Å²) in [4.78, 5) is 12.5. The van der Waals surface area contributed by atoms with Crippen molar-refractivity contribution in [1.82, 2.24) is 5.32 Å². The Morgan fingerprint density at radius 1 is 0.357 bits per heavy atom. The van der Waals surface area contributed by atoms with Crippen LogP contribution in [0.5, 0.6) is 0 Å². The third-order valence-electron chi connectivity index (χ3n) is 12.9. The molecule has 0 bridgehead atoms. The van der Waals surface area contributed by atoms with Crippen LogP contribution >= 0.6 is 0 Å². The van der Waals surface area contributed by atoms with Crippen molar-refractivity contribution in [1.29, 1.82) is 0 Å². The number of carbonyl (C=O) groups is 1. The molecule has 3 N–H and O–H groups in total. The van der Waals surface area contributed by atoms with E-state index in [0.717, 1.165) is 89.9 Å². The molecule has 0 rings (SSSR count). The fourth-order valence-electron chi connectivity index (χ4n) is 8.43. The number of aliphatic hydroxyl groups excluding tert-OH is 2. The van der Waals surface area contributed by atoms with Gasteiger partial charge in [-0.3, -0.25) is 4.79 Å². The van der Waals surface area contributed by atoms with Gasteiger partial charge in [0.25, 0.3) is 0 Å². The number of carbonyl (C=O) groups excluding carboxylic acids is 1. The summed E-state index contributed by atoms with van der Waals surface area (Å²) in [6, 6.07) is -0.659. The lowest BCUT2D eigenvalue weighted by Gasteiger charge is -2.19. The number of aliphatic hydroxyl groups is 2. The molecule has 0 fully saturated rings. The zero-order chi connectivity index (χ0) is 50.6. The highest BCUT2D eigenvalue weighted by Crippen LogP contribution is 2.16. The van der Waals surface area contributed by atoms with Crippen LogP contribution < -0.4 is 5.32 Å². The molecule has 0 aliphatic heterocycles. The fourth-order valence-corrected chi connectivity index (χ4v) is 8.43. The van der Waals surface area contributed by atoms with Crippen molar-refractivity contribution in [2.75, 3.05) is 6.61 Å². The van der Waals surface area contributed by atoms with E-state index in [9.17, 15) is 15.0 Å². The second-order valence-corrected chi connectivity index (χ2v) is 19.7. The van der Waals surface area contributed by atoms with Crippen LogP contribution in [-0.2, 0) is 4.79 Å². The lowest BCUT2D eigenvalue weighted by molar-refractivity contribution is -0.123. The van der Waals surface area contributed by atoms with Gasteiger partial charge in [0, 0.05) is 6.42 Å². The van der Waals surface area contributed by atoms with Crippen molar-refractivity contribution >= 4 is 5.91 Å². The Balaban J connectivity index is 3.63. The number of allylic oxidation sites excluding steroid dienone is 19. The minimum Gasteiger partial charge on any atom is -0.394 e. The van der Waals surface area contributed by atoms with Crippen molar-refractivity contribution in [3.63, 3.8) is 0 Å². The normalized spacial score (nSPS) is 13.7. The van der Waals surface area contributed by atoms with Crippen LogP contribution in [0.15, 0.2) is 122 Å². The molecule has 0 spiro atoms. The van der Waals surface area contributed by atoms with Crippen molar-refractivity contribution in [3.8, 4) is 0 Å². The van der Waals surface area contributed by atoms with Gasteiger partial charge >= 0.3 is 0 Å². The number of unbranched alkanes of at least 4 members (excludes halogenated alkanes) is 28. The van der Waals surface area contributed by atoms with E-state index < -0.39 is 12.1 Å². The predicted molar refractivity (Wildman–Crippen MR) is 312 cm³/mol. The summed E-state index contributed by atoms with van der Waals surface area (Å²) in [6.45, 7) is 4.19. The smallest absolute Gasteiger partial charge is 0.220 e. The summed E-state index contributed by atoms with van der Waals surface area (Å²) < 4.78 is 0. The molecule has 0 radical (unpaired) electrons. The number of hydrogen-bond acceptors (Lipinski definition) is 3. The van der Waals surface area contributed by atoms with E-state index in [2.05, 4.69) is 129 Å². The molecule has 0 aromatic heterocycles. The molecular weight excluding hydrogens is 855 g/mol. The Morgan fingerprint density at radius 2 is 0.643 bits per heavy atom. The summed E-state index contributed by atoms with van der Waals surface area (Å²) >= 11 is 0. The molecule has 0 aromatic rings. The van der Waals surface area contributed by atoms with Gasteiger partial charge in [-0.2, -0.15) is 0 Å². The molecule has 0 saturated heterocycles. The number of nitrogens with one attached hydrogen (secondary N) is 1. The average molecular weight is 969 g/mol. The van der Waals surface area contributed by atoms with E-state index in [1.807, 2.05) is 6.08 Å². The maximum absolute atomic E-state index is 12.5. The highest BCUT2D eigenvalue weighted by atomic mass is 16.3. The van der Waals surface area contributed by atoms with Crippen LogP contribution in [0.4, 0.5) is 0 Å². The average Bonchev–Trinajstić information content (AvgIpc) is 3.36. The lowest BCUT2D eigenvalue weighted by atomic mass is 10.0. The standard InChI is InChI=1S/C66H113NO3/c1-3-5-7-9-11-13-15-17-19-21-23-25-27-29-31-32-33-34-36-38-40-42-44-46-48-50-52-54-56-58-60-62-66(70)67-64(63-68)65(69)61-59-57-55-53-51-49-47-45-43-41-39-37-35-30-28-26-24-22-20-18-16-14-12-10-8-6-4-2/h5,7,11,13,17,19,23,25,29,31,33-34,38,40,43,45,51,53,59,61,64-65,68-69H,3-4,6,8-10,12,14-16,18,20-22,24,26-28,30,32,35-37,39,41-42,44,46-50,52,54-58,60,62-63H2,1-2H3,(H,67,70)/b7-5-,13-11-,19-17-,25-23-,31-29-,34-33-,40-38-,45-43+,53-51+,61-59+. The van der Waals surface area contributed by atoms with Gasteiger partial charge in [0.2, 0.25) is 5.91 Å². The van der Waals surface area contributed by atoms with E-state index in [1.165, 1.54) is 161 Å². The van der Waals surface area contributed by atoms with Crippen molar-refractivity contribution in [3.05, 3.63) is 122 Å². The van der Waals surface area contributed by atoms with E-state index in [0.29, 0.717) is 6.42 Å². The summed E-state index contributed by atoms with van der Waals surface area (Å²) in [5.41, 5.74) is 0. The molecule has 2 atom stereocenters. The highest BCUT2D eigenvalue weighted by Gasteiger charge is 2.18. The monoisotopic (exact) mass is 968 g/mol. The van der Waals surface area contributed by atoms with Gasteiger partial charge in [-0.1, -0.05) is 283 Å². The third kappa shape index (κ3) is 55.7. The molecule has 0 heterocycles. The zero-order valence-corrected chi connectivity index (χ0v) is 46.0. The second kappa shape index (κ2) is 60.1. The van der Waals surface area contributed by atoms with Gasteiger partial charge < -0.3 is 15.5 Å². The molecular formula is C66H113NO3. The first-order valence-corrected chi connectivity index (χ1v) is 29.7. The Hall–Kier alpha value is -3.21. The quantitative estimate of drug-likeness (QED) is 0.0420. The summed E-state index contributed by atoms with van der Waals surface area (Å²) in [6.07, 6.45) is 92.2. The SMILES string of the molecule is CC/C=C\C/C=C\C/C=C\C/C=C\C/C=C\C/C=C\C/C=C\CCCCCCCCCCCC(=O)NC(CO)C(O)/C=C/CC/C=C/CC/C=C/CCCCCCCCCCCCCCCCCCC. The fraction of sp³-hybridized carbons (Fsp3) is 0.682. The summed E-state index contributed by atoms with van der Waals surface area (Å²) in [5, 5.41) is 23.2. The Morgan fingerprint density at radius 3 is 1.00 bits per heavy atom. The Labute approximate surface area is 435 Å². The van der Waals surface area contributed by atoms with E-state index in [4.69, 9.17) is 0 Å². The van der Waals surface area contributed by atoms with Gasteiger partial charge in [0.15, 0.2) is 0 Å². The first-order chi connectivity index (χ1) is 34.7. The minimum absolute atomic E-state index is 0.0879. The van der Waals surface area contributed by atoms with Crippen LogP contribution in [0.3, 0.4) is 0 Å². The van der Waals surface area contributed by atoms with Gasteiger partial charge in [0.1, 0.15) is 0 Å². The lowest BCUT2D eigenvalue weighted by Crippen LogP contribution is -2.45. The van der Waals surface area contributed by atoms with Crippen molar-refractivity contribution in [2.24, 2.45) is 0 Å². The van der Waals surface area contributed by atoms with Crippen LogP contribution in [-0.4, -0.2) is 34.9 Å². The molecule has 0 aromatic carbocycles. The first kappa shape index (κ1) is 66.8. The van der Waals surface area contributed by atoms with Crippen molar-refractivity contribution in [2.45, 2.75) is 283 Å². The van der Waals surface area contributed by atoms with Gasteiger partial charge in [-0.05, 0) is 103 Å². The molecule has 0 aliphatic rings. The summed E-state index contributed by atoms with van der Waals surface area (Å²) in [7, 11) is 0. The Kier molecular flexibility index (Phi) is 57.3. The highest BCUT2D eigenvalue weighted by molar-refractivity contribution is 5.76. The number of amides is 1. The largest absolute Gasteiger partial charge is 0.394 e. The van der Waals surface area contributed by atoms with Crippen molar-refractivity contribution < 1.29 is 15.0 Å². The summed E-state index contributed by atoms with van der Waals surface area (Å²) in [5.74, 6) is -0.0879. The maximum Gasteiger partial charge on any atom is 0.220 e. The zero-order valence-electron chi connectivity index (χ0n) is 46.0. The molecule has 4 heteroatoms. The maximum atomic E-state index is 12.5. The molecule has 4 nitrogen and oxygen atoms in total. The Bertz CT molecular complexity index is 1380. The second-order valence-electron chi connectivity index (χ2n) is 19.7. The van der Waals surface area contributed by atoms with Gasteiger partial charge in [-0.15, -0.1) is 0 Å². The van der Waals surface area contributed by atoms with E-state index >= 15 is 0 Å². The van der Waals surface area contributed by atoms with Gasteiger partial charge in [0.05, 0.1) is 18.8 Å². The van der Waals surface area contributed by atoms with Crippen LogP contribution in [0.2, 0.25) is 0 Å². The first-order valence-electron chi connectivity index (χ1n) is 29.7. The molecule has 1 amide bonds. The molecule has 0 saturated carbocycles. The third-order valence-corrected chi connectivity index (χ3v) is 12.9. The van der Waals surface area contributed by atoms with Crippen LogP contribution in [0, 0.1) is 0 Å². The predicted octanol–water partition coefficient (Wildman–Crippen LogP) is 20.0. The molecule has 0 aliphatic carbocycles.